The largest absolute Gasteiger partial charge is 1.00 e. The van der Waals surface area contributed by atoms with Crippen LogP contribution >= 0.6 is 11.6 Å². The topological polar surface area (TPSA) is 252 Å². The number of hydrogen-bond donors (Lipinski definition) is 1. The van der Waals surface area contributed by atoms with Gasteiger partial charge in [-0.25, -0.2) is 14.4 Å². The Balaban J connectivity index is -0.0000000773. The summed E-state index contributed by atoms with van der Waals surface area (Å²) in [5.41, 5.74) is 26.8. The van der Waals surface area contributed by atoms with Crippen LogP contribution < -0.4 is 35.3 Å². The van der Waals surface area contributed by atoms with Crippen LogP contribution in [0.25, 0.3) is 26.4 Å². The zero-order chi connectivity index (χ0) is 35.0. The van der Waals surface area contributed by atoms with Crippen molar-refractivity contribution in [3.63, 3.8) is 0 Å². The van der Waals surface area contributed by atoms with Gasteiger partial charge in [0.2, 0.25) is 17.3 Å². The Bertz CT molecular complexity index is 1270. The third-order valence-electron chi connectivity index (χ3n) is 4.04. The van der Waals surface area contributed by atoms with Gasteiger partial charge in [0.15, 0.2) is 0 Å². The van der Waals surface area contributed by atoms with Gasteiger partial charge in [-0.3, -0.25) is 14.0 Å². The van der Waals surface area contributed by atoms with Crippen LogP contribution in [-0.4, -0.2) is 46.4 Å². The molecule has 3 aromatic rings. The first-order valence-electron chi connectivity index (χ1n) is 12.5. The summed E-state index contributed by atoms with van der Waals surface area (Å²) in [5.74, 6) is 0.966. The van der Waals surface area contributed by atoms with E-state index in [9.17, 15) is 18.8 Å². The number of halogens is 3. The molecular weight excluding hydrogens is 675 g/mol. The molecule has 0 bridgehead atoms. The number of nitrogens with two attached hydrogens (primary N) is 1. The second kappa shape index (κ2) is 39.2. The molecule has 0 saturated heterocycles. The zero-order valence-corrected chi connectivity index (χ0v) is 28.0. The van der Waals surface area contributed by atoms with E-state index in [4.69, 9.17) is 66.1 Å². The molecule has 270 valence electrons. The second-order valence-electron chi connectivity index (χ2n) is 6.78. The first kappa shape index (κ1) is 56.3. The van der Waals surface area contributed by atoms with Crippen molar-refractivity contribution >= 4 is 29.5 Å². The number of azide groups is 1. The predicted octanol–water partition coefficient (Wildman–Crippen LogP) is 6.14. The quantitative estimate of drug-likeness (QED) is 0.0475. The fraction of sp³-hybridized carbons (Fsp3) is 0.464. The van der Waals surface area contributed by atoms with Crippen molar-refractivity contribution in [2.75, 3.05) is 27.0 Å². The molecular formula is C28H47ClF2N7NaO9. The number of hydrogen-bond acceptors (Lipinski definition) is 11. The molecule has 3 aromatic heterocycles. The van der Waals surface area contributed by atoms with Crippen molar-refractivity contribution in [2.45, 2.75) is 62.0 Å². The van der Waals surface area contributed by atoms with Crippen LogP contribution in [0.4, 0.5) is 9.11 Å². The molecule has 0 fully saturated rings. The molecule has 0 aliphatic carbocycles. The fourth-order valence-electron chi connectivity index (χ4n) is 2.44. The van der Waals surface area contributed by atoms with Crippen LogP contribution in [0.15, 0.2) is 54.8 Å². The minimum Gasteiger partial charge on any atom is -0.460 e. The van der Waals surface area contributed by atoms with Gasteiger partial charge in [0.25, 0.3) is 1.45 Å². The predicted molar refractivity (Wildman–Crippen MR) is 176 cm³/mol. The minimum atomic E-state index is -0.514. The summed E-state index contributed by atoms with van der Waals surface area (Å²) in [5, 5.41) is 3.30. The molecule has 0 spiro atoms. The van der Waals surface area contributed by atoms with Crippen LogP contribution in [0, 0.1) is 0 Å². The number of nitrogens with zero attached hydrogens (tertiary/aromatic N) is 6. The van der Waals surface area contributed by atoms with Crippen molar-refractivity contribution < 1.29 is 81.9 Å². The van der Waals surface area contributed by atoms with E-state index in [0.29, 0.717) is 50.8 Å². The summed E-state index contributed by atoms with van der Waals surface area (Å²) in [4.78, 5) is 37.2. The Morgan fingerprint density at radius 2 is 1.12 bits per heavy atom. The molecule has 0 aliphatic rings. The number of alkyl halides is 2. The molecule has 2 N–H and O–H groups in total. The van der Waals surface area contributed by atoms with E-state index in [2.05, 4.69) is 11.5 Å². The molecule has 16 nitrogen and oxygen atoms in total. The van der Waals surface area contributed by atoms with Gasteiger partial charge in [0, 0.05) is 6.34 Å². The maximum absolute atomic E-state index is 11.1. The van der Waals surface area contributed by atoms with E-state index in [1.54, 1.807) is 51.1 Å². The Morgan fingerprint density at radius 1 is 0.812 bits per heavy atom. The van der Waals surface area contributed by atoms with E-state index < -0.39 is 17.9 Å². The Labute approximate surface area is 309 Å². The van der Waals surface area contributed by atoms with Crippen LogP contribution in [-0.2, 0) is 33.2 Å². The van der Waals surface area contributed by atoms with E-state index in [1.165, 1.54) is 11.0 Å². The number of carbonyl (C=O) groups is 3. The van der Waals surface area contributed by atoms with Crippen molar-refractivity contribution in [1.82, 2.24) is 0 Å². The van der Waals surface area contributed by atoms with Crippen molar-refractivity contribution in [1.29, 1.82) is 1.45 Å². The van der Waals surface area contributed by atoms with Gasteiger partial charge in [-0.15, -0.1) is 11.6 Å². The van der Waals surface area contributed by atoms with Crippen LogP contribution in [0.1, 0.15) is 93.4 Å². The molecule has 3 rings (SSSR count). The second-order valence-corrected chi connectivity index (χ2v) is 7.04. The summed E-state index contributed by atoms with van der Waals surface area (Å²) in [6.45, 7) is 6.56. The SMILES string of the molecule is C.C.C.CCOC(=O)c1ccc(CCl)o1.CCOC(=O)c1ccc(CN)o1.CCOC(=O)c1ccc(CN=[N+]=[N-])o1.CF.[2H]F.[HH].[N-]=[N+]=[N-].[Na+]. The molecule has 0 radical (unpaired) electrons. The normalized spacial score (nSPS) is 8.04. The van der Waals surface area contributed by atoms with Gasteiger partial charge >= 0.3 is 47.5 Å². The summed E-state index contributed by atoms with van der Waals surface area (Å²) in [6, 6.07) is 9.47. The Hall–Kier alpha value is -4.02. The molecule has 3 heterocycles. The Kier molecular flexibility index (Phi) is 45.9. The summed E-state index contributed by atoms with van der Waals surface area (Å²) < 4.78 is 51.8. The third-order valence-corrected chi connectivity index (χ3v) is 4.30. The van der Waals surface area contributed by atoms with Crippen molar-refractivity contribution in [2.24, 2.45) is 10.8 Å². The maximum atomic E-state index is 11.1. The number of furan rings is 3. The maximum Gasteiger partial charge on any atom is 1.00 e. The van der Waals surface area contributed by atoms with Gasteiger partial charge in [-0.2, -0.15) is 0 Å². The van der Waals surface area contributed by atoms with E-state index in [0.717, 1.165) is 0 Å². The average molecular weight is 723 g/mol. The molecule has 0 aromatic carbocycles. The molecule has 20 heteroatoms. The number of carbonyl (C=O) groups excluding carboxylic acids is 3. The van der Waals surface area contributed by atoms with Crippen molar-refractivity contribution in [3.8, 4) is 0 Å². The summed E-state index contributed by atoms with van der Waals surface area (Å²) in [6.07, 6.45) is 0. The third kappa shape index (κ3) is 26.1. The smallest absolute Gasteiger partial charge is 0.460 e. The van der Waals surface area contributed by atoms with Crippen LogP contribution in [0.5, 0.6) is 0 Å². The molecule has 0 aliphatic heterocycles. The van der Waals surface area contributed by atoms with E-state index >= 15 is 0 Å². The number of ether oxygens (including phenoxy) is 3. The van der Waals surface area contributed by atoms with Gasteiger partial charge < -0.3 is 44.3 Å². The first-order chi connectivity index (χ1) is 21.7. The number of esters is 3. The van der Waals surface area contributed by atoms with Gasteiger partial charge in [-0.1, -0.05) is 27.4 Å². The minimum absolute atomic E-state index is 0. The fourth-order valence-corrected chi connectivity index (χ4v) is 2.58. The molecule has 0 unspecified atom stereocenters. The number of rotatable bonds is 10. The van der Waals surface area contributed by atoms with E-state index in [-0.39, 0.29) is 83.0 Å². The molecule has 48 heavy (non-hydrogen) atoms. The van der Waals surface area contributed by atoms with E-state index in [1.807, 2.05) is 0 Å². The van der Waals surface area contributed by atoms with Gasteiger partial charge in [-0.05, 0) is 62.7 Å². The molecule has 0 saturated carbocycles. The first-order valence-corrected chi connectivity index (χ1v) is 12.7. The summed E-state index contributed by atoms with van der Waals surface area (Å²) >= 11 is 5.48. The molecule has 0 atom stereocenters. The van der Waals surface area contributed by atoms with Gasteiger partial charge in [0.05, 0.1) is 46.0 Å². The monoisotopic (exact) mass is 722 g/mol. The van der Waals surface area contributed by atoms with Gasteiger partial charge in [0.1, 0.15) is 17.3 Å². The zero-order valence-electron chi connectivity index (χ0n) is 26.3. The average Bonchev–Trinajstić information content (AvgIpc) is 3.85. The Morgan fingerprint density at radius 3 is 1.40 bits per heavy atom. The van der Waals surface area contributed by atoms with Crippen LogP contribution in [0.3, 0.4) is 0 Å². The standard InChI is InChI=1S/C8H9ClO3.C8H9N3O3.C8H11NO3.CH3F.3CH4.FH.N3.Na.H2/c1-2-11-8(10)7-4-3-6(5-9)12-7;1-2-13-8(12)7-4-3-6(14-7)5-10-11-9;1-2-11-8(10)7-4-3-6(5-9)12-7;1-2;;;;;1-3-2;;/h3-4H,2,5H2,1H3;3-4H,2,5H2,1H3;3-4H,2,5,9H2,1H3;1H3;3*1H4;1H;;;1H/q;;;;;;;;-1;+1;/i/hD. The van der Waals surface area contributed by atoms with Crippen LogP contribution in [0.2, 0.25) is 0 Å². The molecule has 0 amide bonds. The summed E-state index contributed by atoms with van der Waals surface area (Å²) in [7, 11) is 0.500. The van der Waals surface area contributed by atoms with Crippen molar-refractivity contribution in [3.05, 3.63) is 97.4 Å².